The van der Waals surface area contributed by atoms with Crippen LogP contribution in [-0.4, -0.2) is 36.2 Å². The van der Waals surface area contributed by atoms with E-state index in [9.17, 15) is 4.39 Å². The summed E-state index contributed by atoms with van der Waals surface area (Å²) in [6.45, 7) is 8.91. The van der Waals surface area contributed by atoms with Gasteiger partial charge in [0.2, 0.25) is 0 Å². The molecule has 1 heterocycles. The molecule has 23 heavy (non-hydrogen) atoms. The zero-order valence-corrected chi connectivity index (χ0v) is 16.1. The zero-order chi connectivity index (χ0) is 16.8. The maximum atomic E-state index is 13.7. The predicted octanol–water partition coefficient (Wildman–Crippen LogP) is 4.24. The Morgan fingerprint density at radius 3 is 2.70 bits per heavy atom. The molecule has 0 amide bonds. The van der Waals surface area contributed by atoms with Crippen LogP contribution in [0.1, 0.15) is 26.7 Å². The lowest BCUT2D eigenvalue weighted by atomic mass is 9.92. The highest BCUT2D eigenvalue weighted by Gasteiger charge is 2.20. The Morgan fingerprint density at radius 1 is 1.35 bits per heavy atom. The quantitative estimate of drug-likeness (QED) is 0.569. The van der Waals surface area contributed by atoms with Crippen molar-refractivity contribution in [3.8, 4) is 0 Å². The van der Waals surface area contributed by atoms with Gasteiger partial charge in [-0.2, -0.15) is 0 Å². The first-order valence-corrected chi connectivity index (χ1v) is 9.36. The summed E-state index contributed by atoms with van der Waals surface area (Å²) in [7, 11) is 0. The van der Waals surface area contributed by atoms with Crippen molar-refractivity contribution in [2.75, 3.05) is 31.5 Å². The second kappa shape index (κ2) is 8.94. The average Bonchev–Trinajstić information content (AvgIpc) is 2.46. The molecule has 0 aliphatic carbocycles. The van der Waals surface area contributed by atoms with Gasteiger partial charge in [0.15, 0.2) is 5.11 Å². The van der Waals surface area contributed by atoms with Gasteiger partial charge in [-0.05, 0) is 61.6 Å². The number of anilines is 1. The van der Waals surface area contributed by atoms with Gasteiger partial charge in [0, 0.05) is 24.1 Å². The summed E-state index contributed by atoms with van der Waals surface area (Å²) in [4.78, 5) is 2.53. The summed E-state index contributed by atoms with van der Waals surface area (Å²) < 4.78 is 14.4. The Balaban J connectivity index is 1.67. The molecule has 0 radical (unpaired) electrons. The maximum absolute atomic E-state index is 13.7. The Hall–Kier alpha value is -0.720. The van der Waals surface area contributed by atoms with E-state index in [2.05, 4.69) is 45.3 Å². The lowest BCUT2D eigenvalue weighted by molar-refractivity contribution is 0.140. The van der Waals surface area contributed by atoms with E-state index in [0.29, 0.717) is 15.3 Å². The SMILES string of the molecule is C[C@H]1C[C@H](C)CN(CCCNC(=S)Nc2ccc(Br)cc2F)C1. The molecule has 2 atom stereocenters. The molecule has 1 fully saturated rings. The number of likely N-dealkylation sites (tertiary alicyclic amines) is 1. The van der Waals surface area contributed by atoms with Crippen LogP contribution < -0.4 is 10.6 Å². The number of benzene rings is 1. The van der Waals surface area contributed by atoms with Crippen LogP contribution in [0.15, 0.2) is 22.7 Å². The first-order valence-electron chi connectivity index (χ1n) is 8.16. The Kier molecular flexibility index (Phi) is 7.24. The van der Waals surface area contributed by atoms with Crippen LogP contribution in [-0.2, 0) is 0 Å². The van der Waals surface area contributed by atoms with E-state index in [4.69, 9.17) is 12.2 Å². The van der Waals surface area contributed by atoms with Crippen molar-refractivity contribution < 1.29 is 4.39 Å². The van der Waals surface area contributed by atoms with Gasteiger partial charge in [-0.15, -0.1) is 0 Å². The van der Waals surface area contributed by atoms with E-state index in [1.54, 1.807) is 12.1 Å². The third-order valence-electron chi connectivity index (χ3n) is 4.06. The van der Waals surface area contributed by atoms with Crippen molar-refractivity contribution in [1.82, 2.24) is 10.2 Å². The molecule has 1 aromatic rings. The zero-order valence-electron chi connectivity index (χ0n) is 13.7. The molecule has 1 aromatic carbocycles. The maximum Gasteiger partial charge on any atom is 0.170 e. The van der Waals surface area contributed by atoms with Gasteiger partial charge < -0.3 is 15.5 Å². The molecule has 128 valence electrons. The fourth-order valence-electron chi connectivity index (χ4n) is 3.24. The number of thiocarbonyl (C=S) groups is 1. The molecular formula is C17H25BrFN3S. The number of nitrogens with zero attached hydrogens (tertiary/aromatic N) is 1. The molecule has 0 unspecified atom stereocenters. The van der Waals surface area contributed by atoms with Crippen LogP contribution in [0.2, 0.25) is 0 Å². The number of nitrogens with one attached hydrogen (secondary N) is 2. The second-order valence-electron chi connectivity index (χ2n) is 6.56. The standard InChI is InChI=1S/C17H25BrFN3S/c1-12-8-13(2)11-22(10-12)7-3-6-20-17(23)21-16-5-4-14(18)9-15(16)19/h4-5,9,12-13H,3,6-8,10-11H2,1-2H3,(H2,20,21,23)/t12-,13-/m0/s1. The normalized spacial score (nSPS) is 21.9. The molecule has 0 aromatic heterocycles. The van der Waals surface area contributed by atoms with Crippen molar-refractivity contribution in [1.29, 1.82) is 0 Å². The lowest BCUT2D eigenvalue weighted by Gasteiger charge is -2.34. The summed E-state index contributed by atoms with van der Waals surface area (Å²) in [6.07, 6.45) is 2.37. The van der Waals surface area contributed by atoms with E-state index in [1.807, 2.05) is 0 Å². The molecule has 0 saturated carbocycles. The molecule has 1 saturated heterocycles. The largest absolute Gasteiger partial charge is 0.362 e. The van der Waals surface area contributed by atoms with Gasteiger partial charge in [0.25, 0.3) is 0 Å². The first kappa shape index (κ1) is 18.6. The van der Waals surface area contributed by atoms with Crippen molar-refractivity contribution in [3.63, 3.8) is 0 Å². The van der Waals surface area contributed by atoms with Crippen LogP contribution in [0.5, 0.6) is 0 Å². The molecule has 1 aliphatic rings. The number of rotatable bonds is 5. The van der Waals surface area contributed by atoms with Crippen LogP contribution in [0.25, 0.3) is 0 Å². The first-order chi connectivity index (χ1) is 10.9. The van der Waals surface area contributed by atoms with Gasteiger partial charge in [-0.25, -0.2) is 4.39 Å². The summed E-state index contributed by atoms with van der Waals surface area (Å²) in [5.41, 5.74) is 0.393. The number of hydrogen-bond acceptors (Lipinski definition) is 2. The third kappa shape index (κ3) is 6.36. The van der Waals surface area contributed by atoms with Gasteiger partial charge in [-0.1, -0.05) is 29.8 Å². The lowest BCUT2D eigenvalue weighted by Crippen LogP contribution is -2.40. The van der Waals surface area contributed by atoms with E-state index in [1.165, 1.54) is 25.6 Å². The minimum Gasteiger partial charge on any atom is -0.362 e. The number of halogens is 2. The molecule has 1 aliphatic heterocycles. The topological polar surface area (TPSA) is 27.3 Å². The van der Waals surface area contributed by atoms with E-state index < -0.39 is 0 Å². The van der Waals surface area contributed by atoms with Crippen molar-refractivity contribution in [2.45, 2.75) is 26.7 Å². The van der Waals surface area contributed by atoms with Crippen LogP contribution in [0.4, 0.5) is 10.1 Å². The van der Waals surface area contributed by atoms with E-state index in [-0.39, 0.29) is 5.82 Å². The van der Waals surface area contributed by atoms with Crippen molar-refractivity contribution in [2.24, 2.45) is 11.8 Å². The highest BCUT2D eigenvalue weighted by atomic mass is 79.9. The average molecular weight is 402 g/mol. The molecule has 6 heteroatoms. The molecule has 0 spiro atoms. The molecular weight excluding hydrogens is 377 g/mol. The van der Waals surface area contributed by atoms with Gasteiger partial charge in [0.05, 0.1) is 5.69 Å². The van der Waals surface area contributed by atoms with Crippen LogP contribution in [0, 0.1) is 17.7 Å². The fraction of sp³-hybridized carbons (Fsp3) is 0.588. The van der Waals surface area contributed by atoms with Crippen LogP contribution >= 0.6 is 28.1 Å². The summed E-state index contributed by atoms with van der Waals surface area (Å²) in [5, 5.41) is 6.52. The van der Waals surface area contributed by atoms with E-state index >= 15 is 0 Å². The van der Waals surface area contributed by atoms with E-state index in [0.717, 1.165) is 31.3 Å². The highest BCUT2D eigenvalue weighted by Crippen LogP contribution is 2.21. The van der Waals surface area contributed by atoms with Gasteiger partial charge >= 0.3 is 0 Å². The monoisotopic (exact) mass is 401 g/mol. The van der Waals surface area contributed by atoms with Crippen LogP contribution in [0.3, 0.4) is 0 Å². The number of hydrogen-bond donors (Lipinski definition) is 2. The smallest absolute Gasteiger partial charge is 0.170 e. The third-order valence-corrected chi connectivity index (χ3v) is 4.80. The minimum atomic E-state index is -0.320. The molecule has 0 bridgehead atoms. The van der Waals surface area contributed by atoms with Gasteiger partial charge in [-0.3, -0.25) is 0 Å². The summed E-state index contributed by atoms with van der Waals surface area (Å²) in [5.74, 6) is 1.25. The summed E-state index contributed by atoms with van der Waals surface area (Å²) in [6, 6.07) is 4.88. The van der Waals surface area contributed by atoms with Gasteiger partial charge in [0.1, 0.15) is 5.82 Å². The molecule has 3 nitrogen and oxygen atoms in total. The fourth-order valence-corrected chi connectivity index (χ4v) is 3.78. The Labute approximate surface area is 152 Å². The molecule has 2 rings (SSSR count). The minimum absolute atomic E-state index is 0.320. The van der Waals surface area contributed by atoms with Crippen molar-refractivity contribution in [3.05, 3.63) is 28.5 Å². The summed E-state index contributed by atoms with van der Waals surface area (Å²) >= 11 is 8.46. The number of piperidine rings is 1. The predicted molar refractivity (Wildman–Crippen MR) is 102 cm³/mol. The highest BCUT2D eigenvalue weighted by molar-refractivity contribution is 9.10. The Morgan fingerprint density at radius 2 is 2.04 bits per heavy atom. The Bertz CT molecular complexity index is 531. The van der Waals surface area contributed by atoms with Crippen molar-refractivity contribution >= 4 is 38.9 Å². The molecule has 2 N–H and O–H groups in total. The second-order valence-corrected chi connectivity index (χ2v) is 7.89.